The minimum atomic E-state index is -0.587. The van der Waals surface area contributed by atoms with Gasteiger partial charge in [-0.2, -0.15) is 0 Å². The number of hydrogen-bond acceptors (Lipinski definition) is 6. The number of hydrogen-bond donors (Lipinski definition) is 0. The third kappa shape index (κ3) is 4.34. The van der Waals surface area contributed by atoms with Crippen LogP contribution in [0.4, 0.5) is 21.9 Å². The van der Waals surface area contributed by atoms with Gasteiger partial charge in [0.25, 0.3) is 0 Å². The molecule has 1 atom stereocenters. The van der Waals surface area contributed by atoms with Crippen LogP contribution in [0.5, 0.6) is 0 Å². The Morgan fingerprint density at radius 3 is 2.65 bits per heavy atom. The molecule has 140 valence electrons. The molecule has 2 rings (SSSR count). The predicted molar refractivity (Wildman–Crippen MR) is 96.5 cm³/mol. The van der Waals surface area contributed by atoms with Crippen LogP contribution >= 0.6 is 0 Å². The molecule has 1 aromatic carbocycles. The molecular weight excluding hydrogens is 340 g/mol. The van der Waals surface area contributed by atoms with E-state index >= 15 is 0 Å². The van der Waals surface area contributed by atoms with Crippen LogP contribution in [-0.4, -0.2) is 47.2 Å². The second-order valence-electron chi connectivity index (χ2n) is 7.06. The number of nitrogens with zero attached hydrogens (tertiary/aromatic N) is 6. The summed E-state index contributed by atoms with van der Waals surface area (Å²) in [6.07, 6.45) is -0.401. The largest absolute Gasteiger partial charge is 0.444 e. The lowest BCUT2D eigenvalue weighted by molar-refractivity contribution is -0.383. The van der Waals surface area contributed by atoms with E-state index in [2.05, 4.69) is 10.0 Å². The van der Waals surface area contributed by atoms with Crippen molar-refractivity contribution in [2.24, 2.45) is 5.11 Å². The number of azide groups is 1. The van der Waals surface area contributed by atoms with Gasteiger partial charge in [-0.3, -0.25) is 10.1 Å². The monoisotopic (exact) mass is 362 g/mol. The predicted octanol–water partition coefficient (Wildman–Crippen LogP) is 3.98. The normalized spacial score (nSPS) is 17.5. The highest BCUT2D eigenvalue weighted by atomic mass is 16.6. The van der Waals surface area contributed by atoms with Crippen molar-refractivity contribution >= 4 is 23.2 Å². The van der Waals surface area contributed by atoms with Crippen LogP contribution in [-0.2, 0) is 4.74 Å². The first-order chi connectivity index (χ1) is 12.1. The van der Waals surface area contributed by atoms with Crippen LogP contribution in [0.15, 0.2) is 23.3 Å². The molecule has 10 heteroatoms. The highest BCUT2D eigenvalue weighted by molar-refractivity contribution is 5.76. The van der Waals surface area contributed by atoms with Gasteiger partial charge in [-0.15, -0.1) is 0 Å². The molecule has 0 saturated carbocycles. The lowest BCUT2D eigenvalue weighted by Gasteiger charge is -2.41. The number of carbonyl (C=O) groups is 1. The van der Waals surface area contributed by atoms with Crippen molar-refractivity contribution in [1.82, 2.24) is 4.90 Å². The molecule has 10 nitrogen and oxygen atoms in total. The molecule has 1 aliphatic rings. The average molecular weight is 362 g/mol. The third-order valence-electron chi connectivity index (χ3n) is 3.92. The van der Waals surface area contributed by atoms with E-state index in [9.17, 15) is 14.9 Å². The summed E-state index contributed by atoms with van der Waals surface area (Å²) >= 11 is 0. The van der Waals surface area contributed by atoms with E-state index in [1.165, 1.54) is 6.07 Å². The molecular formula is C16H22N6O4. The van der Waals surface area contributed by atoms with Crippen LogP contribution in [0, 0.1) is 10.1 Å². The minimum absolute atomic E-state index is 0.0303. The Kier molecular flexibility index (Phi) is 5.56. The standard InChI is InChI=1S/C16H22N6O4/c1-11-10-20(8-9-21(11)15(23)26-16(2,3)4)13-7-5-6-12(18-19-17)14(13)22(24)25/h5-7,11H,8-10H2,1-4H3/t11-/m0/s1. The first-order valence-corrected chi connectivity index (χ1v) is 8.21. The zero-order valence-electron chi connectivity index (χ0n) is 15.2. The van der Waals surface area contributed by atoms with Crippen molar-refractivity contribution in [2.75, 3.05) is 24.5 Å². The second kappa shape index (κ2) is 7.49. The summed E-state index contributed by atoms with van der Waals surface area (Å²) in [5.74, 6) is 0. The highest BCUT2D eigenvalue weighted by Gasteiger charge is 2.33. The Labute approximate surface area is 151 Å². The van der Waals surface area contributed by atoms with Crippen molar-refractivity contribution in [3.05, 3.63) is 38.8 Å². The summed E-state index contributed by atoms with van der Waals surface area (Å²) in [4.78, 5) is 29.3. The van der Waals surface area contributed by atoms with Crippen LogP contribution in [0.2, 0.25) is 0 Å². The summed E-state index contributed by atoms with van der Waals surface area (Å²) < 4.78 is 5.41. The van der Waals surface area contributed by atoms with Gasteiger partial charge in [0.2, 0.25) is 0 Å². The number of rotatable bonds is 3. The Hall–Kier alpha value is -3.00. The average Bonchev–Trinajstić information content (AvgIpc) is 2.52. The number of para-hydroxylation sites is 1. The summed E-state index contributed by atoms with van der Waals surface area (Å²) in [7, 11) is 0. The second-order valence-corrected chi connectivity index (χ2v) is 7.06. The highest BCUT2D eigenvalue weighted by Crippen LogP contribution is 2.38. The molecule has 1 aromatic rings. The zero-order chi connectivity index (χ0) is 19.5. The fourth-order valence-corrected chi connectivity index (χ4v) is 2.86. The SMILES string of the molecule is C[C@H]1CN(c2cccc(N=[N+]=[N-])c2[N+](=O)[O-])CCN1C(=O)OC(C)(C)C. The number of nitro groups is 1. The number of amides is 1. The van der Waals surface area contributed by atoms with Crippen molar-refractivity contribution in [1.29, 1.82) is 0 Å². The van der Waals surface area contributed by atoms with Gasteiger partial charge in [-0.05, 0) is 45.4 Å². The smallest absolute Gasteiger partial charge is 0.410 e. The van der Waals surface area contributed by atoms with Crippen molar-refractivity contribution < 1.29 is 14.5 Å². The van der Waals surface area contributed by atoms with Crippen molar-refractivity contribution in [2.45, 2.75) is 39.3 Å². The lowest BCUT2D eigenvalue weighted by Crippen LogP contribution is -2.55. The maximum absolute atomic E-state index is 12.3. The first kappa shape index (κ1) is 19.3. The quantitative estimate of drug-likeness (QED) is 0.264. The number of carbonyl (C=O) groups excluding carboxylic acids is 1. The summed E-state index contributed by atoms with van der Waals surface area (Å²) in [6, 6.07) is 4.44. The van der Waals surface area contributed by atoms with Gasteiger partial charge in [0.1, 0.15) is 17.0 Å². The van der Waals surface area contributed by atoms with Gasteiger partial charge in [0.15, 0.2) is 0 Å². The van der Waals surface area contributed by atoms with Crippen molar-refractivity contribution in [3.63, 3.8) is 0 Å². The molecule has 1 heterocycles. The molecule has 1 aliphatic heterocycles. The topological polar surface area (TPSA) is 125 Å². The third-order valence-corrected chi connectivity index (χ3v) is 3.92. The number of ether oxygens (including phenoxy) is 1. The van der Waals surface area contributed by atoms with Gasteiger partial charge in [-0.1, -0.05) is 11.2 Å². The van der Waals surface area contributed by atoms with Crippen LogP contribution in [0.3, 0.4) is 0 Å². The van der Waals surface area contributed by atoms with Gasteiger partial charge < -0.3 is 14.5 Å². The molecule has 0 bridgehead atoms. The van der Waals surface area contributed by atoms with E-state index in [0.717, 1.165) is 0 Å². The first-order valence-electron chi connectivity index (χ1n) is 8.21. The van der Waals surface area contributed by atoms with Crippen LogP contribution < -0.4 is 4.90 Å². The molecule has 0 N–H and O–H groups in total. The molecule has 26 heavy (non-hydrogen) atoms. The zero-order valence-corrected chi connectivity index (χ0v) is 15.2. The number of nitro benzene ring substituents is 1. The summed E-state index contributed by atoms with van der Waals surface area (Å²) in [6.45, 7) is 8.45. The molecule has 1 amide bonds. The number of benzene rings is 1. The van der Waals surface area contributed by atoms with Gasteiger partial charge in [0, 0.05) is 30.6 Å². The van der Waals surface area contributed by atoms with Crippen LogP contribution in [0.1, 0.15) is 27.7 Å². The molecule has 0 radical (unpaired) electrons. The Morgan fingerprint density at radius 1 is 1.42 bits per heavy atom. The van der Waals surface area contributed by atoms with E-state index in [1.807, 2.05) is 11.8 Å². The van der Waals surface area contributed by atoms with Gasteiger partial charge in [-0.25, -0.2) is 4.79 Å². The van der Waals surface area contributed by atoms with E-state index in [1.54, 1.807) is 37.8 Å². The summed E-state index contributed by atoms with van der Waals surface area (Å²) in [5, 5.41) is 14.9. The Morgan fingerprint density at radius 2 is 2.12 bits per heavy atom. The van der Waals surface area contributed by atoms with E-state index in [-0.39, 0.29) is 17.4 Å². The molecule has 1 fully saturated rings. The fourth-order valence-electron chi connectivity index (χ4n) is 2.86. The Bertz CT molecular complexity index is 754. The number of piperazine rings is 1. The molecule has 0 aliphatic carbocycles. The minimum Gasteiger partial charge on any atom is -0.444 e. The van der Waals surface area contributed by atoms with E-state index in [0.29, 0.717) is 25.3 Å². The van der Waals surface area contributed by atoms with E-state index < -0.39 is 16.6 Å². The molecule has 0 aromatic heterocycles. The Balaban J connectivity index is 2.24. The fraction of sp³-hybridized carbons (Fsp3) is 0.562. The van der Waals surface area contributed by atoms with E-state index in [4.69, 9.17) is 10.3 Å². The van der Waals surface area contributed by atoms with Gasteiger partial charge in [0.05, 0.1) is 4.92 Å². The number of anilines is 1. The summed E-state index contributed by atoms with van der Waals surface area (Å²) in [5.41, 5.74) is 8.14. The van der Waals surface area contributed by atoms with Crippen LogP contribution in [0.25, 0.3) is 10.4 Å². The molecule has 0 spiro atoms. The van der Waals surface area contributed by atoms with Gasteiger partial charge >= 0.3 is 11.8 Å². The maximum Gasteiger partial charge on any atom is 0.410 e. The lowest BCUT2D eigenvalue weighted by atomic mass is 10.1. The maximum atomic E-state index is 12.3. The molecule has 1 saturated heterocycles. The molecule has 0 unspecified atom stereocenters. The van der Waals surface area contributed by atoms with Crippen molar-refractivity contribution in [3.8, 4) is 0 Å².